The Bertz CT molecular complexity index is 1020. The molecule has 28 heavy (non-hydrogen) atoms. The molecule has 0 aliphatic carbocycles. The SMILES string of the molecule is CC(C)(C)OC(=O)N1Cc2cccc(-c3c(F)cc(C#N)cc3C(=O)O)c2C1. The van der Waals surface area contributed by atoms with Crippen molar-refractivity contribution in [3.63, 3.8) is 0 Å². The number of nitriles is 1. The summed E-state index contributed by atoms with van der Waals surface area (Å²) in [7, 11) is 0. The monoisotopic (exact) mass is 382 g/mol. The number of nitrogens with zero attached hydrogens (tertiary/aromatic N) is 2. The zero-order chi connectivity index (χ0) is 20.6. The summed E-state index contributed by atoms with van der Waals surface area (Å²) in [6, 6.07) is 9.05. The molecule has 2 aromatic rings. The van der Waals surface area contributed by atoms with Gasteiger partial charge in [0.25, 0.3) is 0 Å². The number of benzene rings is 2. The maximum absolute atomic E-state index is 14.8. The van der Waals surface area contributed by atoms with Crippen molar-refractivity contribution in [3.8, 4) is 17.2 Å². The molecule has 0 atom stereocenters. The van der Waals surface area contributed by atoms with Crippen LogP contribution in [0.25, 0.3) is 11.1 Å². The molecule has 0 bridgehead atoms. The van der Waals surface area contributed by atoms with E-state index in [1.165, 1.54) is 4.90 Å². The number of aromatic carboxylic acids is 1. The lowest BCUT2D eigenvalue weighted by Crippen LogP contribution is -2.33. The Morgan fingerprint density at radius 1 is 1.25 bits per heavy atom. The lowest BCUT2D eigenvalue weighted by molar-refractivity contribution is 0.0241. The lowest BCUT2D eigenvalue weighted by atomic mass is 9.92. The third kappa shape index (κ3) is 3.67. The molecule has 1 N–H and O–H groups in total. The predicted octanol–water partition coefficient (Wildman–Crippen LogP) is 4.31. The van der Waals surface area contributed by atoms with Crippen LogP contribution in [-0.4, -0.2) is 27.7 Å². The number of halogens is 1. The molecular formula is C21H19FN2O4. The molecule has 0 radical (unpaired) electrons. The quantitative estimate of drug-likeness (QED) is 0.836. The molecule has 0 unspecified atom stereocenters. The molecule has 1 aliphatic rings. The first-order chi connectivity index (χ1) is 13.1. The Kier molecular flexibility index (Phi) is 4.82. The number of fused-ring (bicyclic) bond motifs is 1. The third-order valence-corrected chi connectivity index (χ3v) is 4.35. The molecule has 0 saturated heterocycles. The second kappa shape index (κ2) is 6.97. The van der Waals surface area contributed by atoms with Crippen molar-refractivity contribution < 1.29 is 23.8 Å². The molecule has 0 aromatic heterocycles. The molecule has 0 fully saturated rings. The largest absolute Gasteiger partial charge is 0.478 e. The molecule has 0 saturated carbocycles. The fourth-order valence-electron chi connectivity index (χ4n) is 3.23. The summed E-state index contributed by atoms with van der Waals surface area (Å²) < 4.78 is 20.2. The Morgan fingerprint density at radius 3 is 2.57 bits per heavy atom. The molecule has 1 amide bonds. The summed E-state index contributed by atoms with van der Waals surface area (Å²) in [5.74, 6) is -2.12. The lowest BCUT2D eigenvalue weighted by Gasteiger charge is -2.24. The highest BCUT2D eigenvalue weighted by atomic mass is 19.1. The molecule has 7 heteroatoms. The van der Waals surface area contributed by atoms with E-state index in [9.17, 15) is 19.1 Å². The summed E-state index contributed by atoms with van der Waals surface area (Å²) in [5, 5.41) is 18.5. The van der Waals surface area contributed by atoms with E-state index < -0.39 is 23.5 Å². The summed E-state index contributed by atoms with van der Waals surface area (Å²) in [6.07, 6.45) is -0.492. The van der Waals surface area contributed by atoms with Gasteiger partial charge in [-0.25, -0.2) is 14.0 Å². The van der Waals surface area contributed by atoms with Gasteiger partial charge in [-0.05, 0) is 49.6 Å². The van der Waals surface area contributed by atoms with Gasteiger partial charge in [0.05, 0.1) is 23.7 Å². The first kappa shape index (κ1) is 19.4. The number of carbonyl (C=O) groups excluding carboxylic acids is 1. The van der Waals surface area contributed by atoms with Gasteiger partial charge in [0.2, 0.25) is 0 Å². The zero-order valence-corrected chi connectivity index (χ0v) is 15.7. The number of hydrogen-bond donors (Lipinski definition) is 1. The van der Waals surface area contributed by atoms with Gasteiger partial charge in [0, 0.05) is 12.1 Å². The van der Waals surface area contributed by atoms with Gasteiger partial charge >= 0.3 is 12.1 Å². The second-order valence-corrected chi connectivity index (χ2v) is 7.58. The minimum absolute atomic E-state index is 0.0680. The summed E-state index contributed by atoms with van der Waals surface area (Å²) >= 11 is 0. The topological polar surface area (TPSA) is 90.6 Å². The number of carboxylic acids is 1. The van der Waals surface area contributed by atoms with Crippen LogP contribution >= 0.6 is 0 Å². The summed E-state index contributed by atoms with van der Waals surface area (Å²) in [6.45, 7) is 5.78. The average molecular weight is 382 g/mol. The molecule has 1 aliphatic heterocycles. The zero-order valence-electron chi connectivity index (χ0n) is 15.7. The Hall–Kier alpha value is -3.40. The standard InChI is InChI=1S/C21H19FN2O4/c1-21(2,3)28-20(27)24-10-13-5-4-6-14(16(13)11-24)18-15(19(25)26)7-12(9-23)8-17(18)22/h4-8H,10-11H2,1-3H3,(H,25,26). The van der Waals surface area contributed by atoms with E-state index in [-0.39, 0.29) is 23.2 Å². The van der Waals surface area contributed by atoms with E-state index in [4.69, 9.17) is 10.00 Å². The summed E-state index contributed by atoms with van der Waals surface area (Å²) in [5.41, 5.74) is 0.757. The Balaban J connectivity index is 2.06. The molecule has 2 aromatic carbocycles. The molecule has 144 valence electrons. The van der Waals surface area contributed by atoms with E-state index in [1.807, 2.05) is 6.07 Å². The highest BCUT2D eigenvalue weighted by Gasteiger charge is 2.31. The van der Waals surface area contributed by atoms with Gasteiger partial charge in [0.1, 0.15) is 11.4 Å². The first-order valence-corrected chi connectivity index (χ1v) is 8.66. The highest BCUT2D eigenvalue weighted by Crippen LogP contribution is 2.37. The van der Waals surface area contributed by atoms with E-state index in [0.717, 1.165) is 17.7 Å². The van der Waals surface area contributed by atoms with Crippen molar-refractivity contribution in [2.75, 3.05) is 0 Å². The van der Waals surface area contributed by atoms with Gasteiger partial charge < -0.3 is 9.84 Å². The van der Waals surface area contributed by atoms with Gasteiger partial charge in [-0.3, -0.25) is 4.90 Å². The fourth-order valence-corrected chi connectivity index (χ4v) is 3.23. The normalized spacial score (nSPS) is 13.0. The fraction of sp³-hybridized carbons (Fsp3) is 0.286. The van der Waals surface area contributed by atoms with Crippen LogP contribution in [0.1, 0.15) is 47.8 Å². The number of rotatable bonds is 2. The summed E-state index contributed by atoms with van der Waals surface area (Å²) in [4.78, 5) is 25.6. The maximum atomic E-state index is 14.8. The van der Waals surface area contributed by atoms with Crippen LogP contribution in [0, 0.1) is 17.1 Å². The number of hydrogen-bond acceptors (Lipinski definition) is 4. The minimum Gasteiger partial charge on any atom is -0.478 e. The second-order valence-electron chi connectivity index (χ2n) is 7.58. The number of ether oxygens (including phenoxy) is 1. The number of carbonyl (C=O) groups is 2. The smallest absolute Gasteiger partial charge is 0.410 e. The third-order valence-electron chi connectivity index (χ3n) is 4.35. The van der Waals surface area contributed by atoms with Gasteiger partial charge in [-0.1, -0.05) is 18.2 Å². The highest BCUT2D eigenvalue weighted by molar-refractivity contribution is 5.97. The predicted molar refractivity (Wildman–Crippen MR) is 99.0 cm³/mol. The van der Waals surface area contributed by atoms with Crippen LogP contribution in [0.2, 0.25) is 0 Å². The van der Waals surface area contributed by atoms with Crippen molar-refractivity contribution >= 4 is 12.1 Å². The van der Waals surface area contributed by atoms with Gasteiger partial charge in [0.15, 0.2) is 0 Å². The minimum atomic E-state index is -1.33. The van der Waals surface area contributed by atoms with Gasteiger partial charge in [-0.2, -0.15) is 5.26 Å². The van der Waals surface area contributed by atoms with Crippen LogP contribution in [0.5, 0.6) is 0 Å². The Labute approximate surface area is 161 Å². The van der Waals surface area contributed by atoms with Crippen LogP contribution in [0.4, 0.5) is 9.18 Å². The number of carboxylic acid groups (broad SMARTS) is 1. The van der Waals surface area contributed by atoms with Crippen LogP contribution < -0.4 is 0 Å². The van der Waals surface area contributed by atoms with Crippen LogP contribution in [0.3, 0.4) is 0 Å². The van der Waals surface area contributed by atoms with Crippen LogP contribution in [0.15, 0.2) is 30.3 Å². The van der Waals surface area contributed by atoms with Crippen molar-refractivity contribution in [3.05, 3.63) is 58.4 Å². The molecule has 1 heterocycles. The molecular weight excluding hydrogens is 363 g/mol. The van der Waals surface area contributed by atoms with E-state index in [1.54, 1.807) is 39.0 Å². The van der Waals surface area contributed by atoms with E-state index in [2.05, 4.69) is 0 Å². The van der Waals surface area contributed by atoms with Gasteiger partial charge in [-0.15, -0.1) is 0 Å². The van der Waals surface area contributed by atoms with E-state index >= 15 is 0 Å². The Morgan fingerprint density at radius 2 is 1.96 bits per heavy atom. The first-order valence-electron chi connectivity index (χ1n) is 8.66. The van der Waals surface area contributed by atoms with Crippen LogP contribution in [-0.2, 0) is 17.8 Å². The average Bonchev–Trinajstić information content (AvgIpc) is 3.04. The van der Waals surface area contributed by atoms with Crippen molar-refractivity contribution in [2.45, 2.75) is 39.5 Å². The van der Waals surface area contributed by atoms with Crippen molar-refractivity contribution in [2.24, 2.45) is 0 Å². The molecule has 3 rings (SSSR count). The molecule has 6 nitrogen and oxygen atoms in total. The maximum Gasteiger partial charge on any atom is 0.410 e. The van der Waals surface area contributed by atoms with E-state index in [0.29, 0.717) is 17.7 Å². The number of amides is 1. The molecule has 0 spiro atoms. The van der Waals surface area contributed by atoms with Crippen molar-refractivity contribution in [1.29, 1.82) is 5.26 Å². The van der Waals surface area contributed by atoms with Crippen molar-refractivity contribution in [1.82, 2.24) is 4.90 Å².